The van der Waals surface area contributed by atoms with Crippen molar-refractivity contribution in [3.05, 3.63) is 87.9 Å². The lowest BCUT2D eigenvalue weighted by Crippen LogP contribution is -2.21. The molecule has 0 bridgehead atoms. The fourth-order valence-corrected chi connectivity index (χ4v) is 3.04. The lowest BCUT2D eigenvalue weighted by Gasteiger charge is -2.12. The highest BCUT2D eigenvalue weighted by atomic mass is 35.5. The molecule has 0 unspecified atom stereocenters. The van der Waals surface area contributed by atoms with Crippen LogP contribution in [0.2, 0.25) is 10.0 Å². The first kappa shape index (κ1) is 18.2. The van der Waals surface area contributed by atoms with Crippen LogP contribution in [-0.2, 0) is 11.3 Å². The number of benzene rings is 2. The first-order chi connectivity index (χ1) is 12.5. The topological polar surface area (TPSA) is 46.9 Å². The Morgan fingerprint density at radius 2 is 2.04 bits per heavy atom. The number of rotatable bonds is 5. The van der Waals surface area contributed by atoms with Crippen molar-refractivity contribution in [2.45, 2.75) is 13.5 Å². The van der Waals surface area contributed by atoms with Gasteiger partial charge in [0.15, 0.2) is 0 Å². The quantitative estimate of drug-likeness (QED) is 0.640. The third kappa shape index (κ3) is 4.34. The Labute approximate surface area is 162 Å². The lowest BCUT2D eigenvalue weighted by atomic mass is 10.1. The third-order valence-corrected chi connectivity index (χ3v) is 4.47. The van der Waals surface area contributed by atoms with E-state index in [0.29, 0.717) is 16.6 Å². The van der Waals surface area contributed by atoms with Crippen LogP contribution < -0.4 is 5.32 Å². The van der Waals surface area contributed by atoms with Gasteiger partial charge in [-0.05, 0) is 42.3 Å². The van der Waals surface area contributed by atoms with Crippen molar-refractivity contribution in [3.63, 3.8) is 0 Å². The Kier molecular flexibility index (Phi) is 5.76. The molecule has 132 valence electrons. The van der Waals surface area contributed by atoms with E-state index in [-0.39, 0.29) is 5.91 Å². The highest BCUT2D eigenvalue weighted by Gasteiger charge is 2.07. The van der Waals surface area contributed by atoms with Gasteiger partial charge in [0, 0.05) is 35.1 Å². The summed E-state index contributed by atoms with van der Waals surface area (Å²) in [6, 6.07) is 13.0. The maximum Gasteiger partial charge on any atom is 0.244 e. The summed E-state index contributed by atoms with van der Waals surface area (Å²) in [6.07, 6.45) is 6.78. The minimum atomic E-state index is -0.201. The van der Waals surface area contributed by atoms with E-state index in [1.807, 2.05) is 42.0 Å². The van der Waals surface area contributed by atoms with Crippen LogP contribution in [0.3, 0.4) is 0 Å². The van der Waals surface area contributed by atoms with Crippen molar-refractivity contribution in [1.82, 2.24) is 14.9 Å². The van der Waals surface area contributed by atoms with Crippen molar-refractivity contribution in [3.8, 4) is 5.69 Å². The van der Waals surface area contributed by atoms with E-state index in [9.17, 15) is 4.79 Å². The molecule has 0 saturated carbocycles. The summed E-state index contributed by atoms with van der Waals surface area (Å²) in [7, 11) is 0. The molecule has 1 N–H and O–H groups in total. The molecule has 0 atom stereocenters. The van der Waals surface area contributed by atoms with E-state index in [1.54, 1.807) is 30.5 Å². The van der Waals surface area contributed by atoms with Crippen molar-refractivity contribution in [2.24, 2.45) is 0 Å². The van der Waals surface area contributed by atoms with Crippen LogP contribution in [0.5, 0.6) is 0 Å². The predicted octanol–water partition coefficient (Wildman–Crippen LogP) is 4.82. The molecule has 0 aliphatic heterocycles. The molecule has 0 aliphatic rings. The maximum absolute atomic E-state index is 12.1. The third-order valence-electron chi connectivity index (χ3n) is 3.91. The van der Waals surface area contributed by atoms with Gasteiger partial charge >= 0.3 is 0 Å². The molecule has 1 heterocycles. The van der Waals surface area contributed by atoms with Crippen molar-refractivity contribution in [2.75, 3.05) is 0 Å². The normalized spacial score (nSPS) is 11.0. The average molecular weight is 386 g/mol. The number of hydrogen-bond acceptors (Lipinski definition) is 2. The monoisotopic (exact) mass is 385 g/mol. The molecular weight excluding hydrogens is 369 g/mol. The molecule has 3 aromatic rings. The zero-order chi connectivity index (χ0) is 18.5. The number of para-hydroxylation sites is 1. The Balaban J connectivity index is 1.69. The number of halogens is 2. The Hall–Kier alpha value is -2.56. The number of nitrogens with one attached hydrogen (secondary N) is 1. The summed E-state index contributed by atoms with van der Waals surface area (Å²) in [5, 5.41) is 3.95. The summed E-state index contributed by atoms with van der Waals surface area (Å²) in [5.74, 6) is 0.689. The SMILES string of the molecule is Cc1nccn1-c1ccccc1CNC(=O)/C=C/c1ccc(Cl)cc1Cl. The van der Waals surface area contributed by atoms with E-state index in [0.717, 1.165) is 22.6 Å². The number of carbonyl (C=O) groups is 1. The molecule has 6 heteroatoms. The number of nitrogens with zero attached hydrogens (tertiary/aromatic N) is 2. The van der Waals surface area contributed by atoms with Crippen molar-refractivity contribution < 1.29 is 4.79 Å². The zero-order valence-electron chi connectivity index (χ0n) is 14.1. The number of aryl methyl sites for hydroxylation is 1. The van der Waals surface area contributed by atoms with Gasteiger partial charge in [0.05, 0.1) is 5.69 Å². The van der Waals surface area contributed by atoms with Crippen molar-refractivity contribution in [1.29, 1.82) is 0 Å². The van der Waals surface area contributed by atoms with E-state index >= 15 is 0 Å². The number of hydrogen-bond donors (Lipinski definition) is 1. The molecule has 0 fully saturated rings. The van der Waals surface area contributed by atoms with E-state index in [4.69, 9.17) is 23.2 Å². The molecule has 1 amide bonds. The first-order valence-electron chi connectivity index (χ1n) is 8.04. The molecule has 1 aromatic heterocycles. The summed E-state index contributed by atoms with van der Waals surface area (Å²) >= 11 is 12.0. The van der Waals surface area contributed by atoms with Crippen LogP contribution in [0.1, 0.15) is 17.0 Å². The van der Waals surface area contributed by atoms with E-state index < -0.39 is 0 Å². The average Bonchev–Trinajstić information content (AvgIpc) is 3.05. The summed E-state index contributed by atoms with van der Waals surface area (Å²) in [6.45, 7) is 2.35. The van der Waals surface area contributed by atoms with E-state index in [2.05, 4.69) is 10.3 Å². The van der Waals surface area contributed by atoms with Gasteiger partial charge < -0.3 is 9.88 Å². The molecule has 0 aliphatic carbocycles. The highest BCUT2D eigenvalue weighted by Crippen LogP contribution is 2.22. The lowest BCUT2D eigenvalue weighted by molar-refractivity contribution is -0.116. The largest absolute Gasteiger partial charge is 0.348 e. The van der Waals surface area contributed by atoms with Gasteiger partial charge in [-0.2, -0.15) is 0 Å². The molecular formula is C20H17Cl2N3O. The maximum atomic E-state index is 12.1. The summed E-state index contributed by atoms with van der Waals surface area (Å²) in [4.78, 5) is 16.4. The van der Waals surface area contributed by atoms with E-state index in [1.165, 1.54) is 6.08 Å². The van der Waals surface area contributed by atoms with Gasteiger partial charge in [-0.3, -0.25) is 4.79 Å². The van der Waals surface area contributed by atoms with Crippen molar-refractivity contribution >= 4 is 35.2 Å². The molecule has 0 saturated heterocycles. The van der Waals surface area contributed by atoms with Gasteiger partial charge in [0.1, 0.15) is 5.82 Å². The summed E-state index contributed by atoms with van der Waals surface area (Å²) < 4.78 is 1.99. The van der Waals surface area contributed by atoms with Crippen LogP contribution in [-0.4, -0.2) is 15.5 Å². The Morgan fingerprint density at radius 1 is 1.23 bits per heavy atom. The second kappa shape index (κ2) is 8.21. The van der Waals surface area contributed by atoms with Crippen LogP contribution in [0.15, 0.2) is 60.9 Å². The second-order valence-corrected chi connectivity index (χ2v) is 6.53. The molecule has 0 spiro atoms. The fourth-order valence-electron chi connectivity index (χ4n) is 2.57. The van der Waals surface area contributed by atoms with Gasteiger partial charge in [0.2, 0.25) is 5.91 Å². The highest BCUT2D eigenvalue weighted by molar-refractivity contribution is 6.35. The van der Waals surface area contributed by atoms with Gasteiger partial charge in [-0.15, -0.1) is 0 Å². The standard InChI is InChI=1S/C20H17Cl2N3O/c1-14-23-10-11-25(14)19-5-3-2-4-16(19)13-24-20(26)9-7-15-6-8-17(21)12-18(15)22/h2-12H,13H2,1H3,(H,24,26)/b9-7+. The fraction of sp³-hybridized carbons (Fsp3) is 0.100. The van der Waals surface area contributed by atoms with Gasteiger partial charge in [-0.25, -0.2) is 4.98 Å². The Morgan fingerprint density at radius 3 is 2.77 bits per heavy atom. The smallest absolute Gasteiger partial charge is 0.244 e. The Bertz CT molecular complexity index is 963. The second-order valence-electron chi connectivity index (χ2n) is 5.69. The molecule has 3 rings (SSSR count). The number of aromatic nitrogens is 2. The minimum absolute atomic E-state index is 0.201. The number of imidazole rings is 1. The van der Waals surface area contributed by atoms with Gasteiger partial charge in [-0.1, -0.05) is 47.5 Å². The molecule has 2 aromatic carbocycles. The van der Waals surface area contributed by atoms with Crippen LogP contribution in [0, 0.1) is 6.92 Å². The van der Waals surface area contributed by atoms with Crippen LogP contribution >= 0.6 is 23.2 Å². The van der Waals surface area contributed by atoms with Crippen LogP contribution in [0.25, 0.3) is 11.8 Å². The van der Waals surface area contributed by atoms with Crippen LogP contribution in [0.4, 0.5) is 0 Å². The minimum Gasteiger partial charge on any atom is -0.348 e. The number of carbonyl (C=O) groups excluding carboxylic acids is 1. The first-order valence-corrected chi connectivity index (χ1v) is 8.79. The summed E-state index contributed by atoms with van der Waals surface area (Å²) in [5.41, 5.74) is 2.73. The predicted molar refractivity (Wildman–Crippen MR) is 106 cm³/mol. The molecule has 26 heavy (non-hydrogen) atoms. The molecule has 4 nitrogen and oxygen atoms in total. The zero-order valence-corrected chi connectivity index (χ0v) is 15.6. The molecule has 0 radical (unpaired) electrons. The van der Waals surface area contributed by atoms with Gasteiger partial charge in [0.25, 0.3) is 0 Å². The number of amides is 1.